The lowest BCUT2D eigenvalue weighted by molar-refractivity contribution is -0.192. The molecule has 0 atom stereocenters. The number of nitrogens with zero attached hydrogens (tertiary/aromatic N) is 3. The first-order valence-corrected chi connectivity index (χ1v) is 9.61. The van der Waals surface area contributed by atoms with Crippen molar-refractivity contribution in [3.05, 3.63) is 42.1 Å². The Morgan fingerprint density at radius 3 is 2.45 bits per heavy atom. The lowest BCUT2D eigenvalue weighted by Gasteiger charge is -2.24. The summed E-state index contributed by atoms with van der Waals surface area (Å²) in [6.07, 6.45) is 0.219. The molecule has 1 fully saturated rings. The molecule has 0 amide bonds. The summed E-state index contributed by atoms with van der Waals surface area (Å²) in [6.45, 7) is 2.10. The standard InChI is InChI=1S/C18H22N6.C2HF3O2/c19-10-1-2-14-3-5-15(6-4-14)23-18-21-13-9-17(24-18)22-16-7-11-20-12-8-16;3-2(4,5)1(6)7/h3-6,9,13,16,20H,1-2,7-8,11-12H2,(H2,21,22,23,24);(H,6,7). The van der Waals surface area contributed by atoms with E-state index in [1.54, 1.807) is 6.20 Å². The number of benzene rings is 1. The van der Waals surface area contributed by atoms with Crippen LogP contribution in [0.15, 0.2) is 36.5 Å². The molecule has 1 aliphatic rings. The van der Waals surface area contributed by atoms with Crippen LogP contribution in [0.5, 0.6) is 0 Å². The number of aliphatic carboxylic acids is 1. The molecule has 0 radical (unpaired) electrons. The zero-order chi connectivity index (χ0) is 22.7. The van der Waals surface area contributed by atoms with Gasteiger partial charge in [0.25, 0.3) is 0 Å². The molecule has 11 heteroatoms. The van der Waals surface area contributed by atoms with Gasteiger partial charge in [0.15, 0.2) is 0 Å². The SMILES string of the molecule is N#CCCc1ccc(Nc2nccc(NC3CCNCC3)n2)cc1.O=C(O)C(F)(F)F. The number of piperidine rings is 1. The Bertz CT molecular complexity index is 878. The van der Waals surface area contributed by atoms with Crippen LogP contribution in [-0.4, -0.2) is 46.4 Å². The highest BCUT2D eigenvalue weighted by Crippen LogP contribution is 2.17. The van der Waals surface area contributed by atoms with Crippen LogP contribution in [0.25, 0.3) is 0 Å². The van der Waals surface area contributed by atoms with Gasteiger partial charge in [0.05, 0.1) is 6.07 Å². The average Bonchev–Trinajstić information content (AvgIpc) is 2.74. The molecule has 0 saturated carbocycles. The van der Waals surface area contributed by atoms with E-state index in [0.29, 0.717) is 18.4 Å². The number of nitriles is 1. The van der Waals surface area contributed by atoms with Gasteiger partial charge >= 0.3 is 12.1 Å². The van der Waals surface area contributed by atoms with Crippen LogP contribution in [0.3, 0.4) is 0 Å². The second-order valence-electron chi connectivity index (χ2n) is 6.72. The quantitative estimate of drug-likeness (QED) is 0.543. The summed E-state index contributed by atoms with van der Waals surface area (Å²) < 4.78 is 31.7. The number of alkyl halides is 3. The van der Waals surface area contributed by atoms with Crippen LogP contribution in [0.1, 0.15) is 24.8 Å². The van der Waals surface area contributed by atoms with Crippen LogP contribution in [0.4, 0.5) is 30.6 Å². The number of carboxylic acids is 1. The Labute approximate surface area is 177 Å². The van der Waals surface area contributed by atoms with Crippen molar-refractivity contribution in [1.82, 2.24) is 15.3 Å². The summed E-state index contributed by atoms with van der Waals surface area (Å²) in [4.78, 5) is 17.7. The number of aromatic nitrogens is 2. The summed E-state index contributed by atoms with van der Waals surface area (Å²) in [5.74, 6) is -1.32. The van der Waals surface area contributed by atoms with Crippen LogP contribution in [0.2, 0.25) is 0 Å². The number of carbonyl (C=O) groups is 1. The molecule has 0 unspecified atom stereocenters. The van der Waals surface area contributed by atoms with E-state index in [1.165, 1.54) is 0 Å². The molecule has 8 nitrogen and oxygen atoms in total. The molecule has 1 aliphatic heterocycles. The van der Waals surface area contributed by atoms with Crippen molar-refractivity contribution >= 4 is 23.4 Å². The minimum Gasteiger partial charge on any atom is -0.475 e. The smallest absolute Gasteiger partial charge is 0.475 e. The second kappa shape index (κ2) is 11.7. The van der Waals surface area contributed by atoms with Gasteiger partial charge < -0.3 is 21.1 Å². The summed E-state index contributed by atoms with van der Waals surface area (Å²) >= 11 is 0. The van der Waals surface area contributed by atoms with Gasteiger partial charge in [-0.1, -0.05) is 12.1 Å². The van der Waals surface area contributed by atoms with E-state index in [4.69, 9.17) is 15.2 Å². The third-order valence-electron chi connectivity index (χ3n) is 4.32. The van der Waals surface area contributed by atoms with Crippen molar-refractivity contribution in [2.24, 2.45) is 0 Å². The normalized spacial score (nSPS) is 14.0. The predicted molar refractivity (Wildman–Crippen MR) is 109 cm³/mol. The topological polar surface area (TPSA) is 123 Å². The van der Waals surface area contributed by atoms with Gasteiger partial charge in [0.2, 0.25) is 5.95 Å². The molecule has 1 aromatic carbocycles. The lowest BCUT2D eigenvalue weighted by atomic mass is 10.1. The number of hydrogen-bond acceptors (Lipinski definition) is 7. The van der Waals surface area contributed by atoms with Crippen LogP contribution < -0.4 is 16.0 Å². The molecule has 4 N–H and O–H groups in total. The van der Waals surface area contributed by atoms with Crippen molar-refractivity contribution in [3.8, 4) is 6.07 Å². The lowest BCUT2D eigenvalue weighted by Crippen LogP contribution is -2.35. The van der Waals surface area contributed by atoms with Gasteiger partial charge in [-0.05, 0) is 56.1 Å². The van der Waals surface area contributed by atoms with E-state index in [-0.39, 0.29) is 0 Å². The zero-order valence-electron chi connectivity index (χ0n) is 16.6. The average molecular weight is 436 g/mol. The molecule has 2 aromatic rings. The largest absolute Gasteiger partial charge is 0.490 e. The Morgan fingerprint density at radius 1 is 1.23 bits per heavy atom. The van der Waals surface area contributed by atoms with Gasteiger partial charge in [0.1, 0.15) is 5.82 Å². The minimum atomic E-state index is -5.08. The highest BCUT2D eigenvalue weighted by atomic mass is 19.4. The number of carboxylic acid groups (broad SMARTS) is 1. The van der Waals surface area contributed by atoms with Crippen molar-refractivity contribution in [3.63, 3.8) is 0 Å². The number of anilines is 3. The summed E-state index contributed by atoms with van der Waals surface area (Å²) in [6, 6.07) is 12.6. The Kier molecular flexibility index (Phi) is 9.02. The maximum atomic E-state index is 10.6. The minimum absolute atomic E-state index is 0.466. The van der Waals surface area contributed by atoms with Gasteiger partial charge in [0, 0.05) is 24.3 Å². The maximum Gasteiger partial charge on any atom is 0.490 e. The highest BCUT2D eigenvalue weighted by molar-refractivity contribution is 5.73. The molecule has 3 rings (SSSR count). The molecule has 0 bridgehead atoms. The van der Waals surface area contributed by atoms with Crippen molar-refractivity contribution in [2.75, 3.05) is 23.7 Å². The molecular weight excluding hydrogens is 413 g/mol. The first-order chi connectivity index (χ1) is 14.8. The Hall–Kier alpha value is -3.39. The number of aryl methyl sites for hydroxylation is 1. The van der Waals surface area contributed by atoms with E-state index < -0.39 is 12.1 Å². The third-order valence-corrected chi connectivity index (χ3v) is 4.32. The zero-order valence-corrected chi connectivity index (χ0v) is 16.6. The second-order valence-corrected chi connectivity index (χ2v) is 6.72. The van der Waals surface area contributed by atoms with Crippen LogP contribution in [-0.2, 0) is 11.2 Å². The van der Waals surface area contributed by atoms with E-state index >= 15 is 0 Å². The molecular formula is C20H23F3N6O2. The van der Waals surface area contributed by atoms with E-state index in [2.05, 4.69) is 32.0 Å². The summed E-state index contributed by atoms with van der Waals surface area (Å²) in [7, 11) is 0. The molecule has 2 heterocycles. The van der Waals surface area contributed by atoms with Gasteiger partial charge in [-0.3, -0.25) is 0 Å². The van der Waals surface area contributed by atoms with E-state index in [0.717, 1.165) is 49.4 Å². The Balaban J connectivity index is 0.000000423. The maximum absolute atomic E-state index is 10.6. The molecule has 166 valence electrons. The third kappa shape index (κ3) is 8.88. The van der Waals surface area contributed by atoms with Crippen molar-refractivity contribution < 1.29 is 23.1 Å². The van der Waals surface area contributed by atoms with Gasteiger partial charge in [-0.25, -0.2) is 9.78 Å². The fraction of sp³-hybridized carbons (Fsp3) is 0.400. The summed E-state index contributed by atoms with van der Waals surface area (Å²) in [5, 5.41) is 25.8. The van der Waals surface area contributed by atoms with Crippen LogP contribution in [0, 0.1) is 11.3 Å². The Morgan fingerprint density at radius 2 is 1.87 bits per heavy atom. The molecule has 31 heavy (non-hydrogen) atoms. The predicted octanol–water partition coefficient (Wildman–Crippen LogP) is 3.47. The number of hydrogen-bond donors (Lipinski definition) is 4. The highest BCUT2D eigenvalue weighted by Gasteiger charge is 2.38. The van der Waals surface area contributed by atoms with Gasteiger partial charge in [-0.15, -0.1) is 0 Å². The van der Waals surface area contributed by atoms with Crippen molar-refractivity contribution in [1.29, 1.82) is 5.26 Å². The molecule has 0 aliphatic carbocycles. The number of nitrogens with one attached hydrogen (secondary N) is 3. The fourth-order valence-corrected chi connectivity index (χ4v) is 2.76. The first kappa shape index (κ1) is 23.9. The first-order valence-electron chi connectivity index (χ1n) is 9.61. The monoisotopic (exact) mass is 436 g/mol. The molecule has 0 spiro atoms. The number of rotatable bonds is 6. The van der Waals surface area contributed by atoms with Gasteiger partial charge in [-0.2, -0.15) is 23.4 Å². The molecule has 1 aromatic heterocycles. The molecule has 1 saturated heterocycles. The summed E-state index contributed by atoms with van der Waals surface area (Å²) in [5.41, 5.74) is 2.10. The van der Waals surface area contributed by atoms with E-state index in [1.807, 2.05) is 30.3 Å². The van der Waals surface area contributed by atoms with Crippen LogP contribution >= 0.6 is 0 Å². The van der Waals surface area contributed by atoms with E-state index in [9.17, 15) is 13.2 Å². The fourth-order valence-electron chi connectivity index (χ4n) is 2.76. The number of halogens is 3. The van der Waals surface area contributed by atoms with Crippen molar-refractivity contribution in [2.45, 2.75) is 37.9 Å².